The first-order valence-corrected chi connectivity index (χ1v) is 6.23. The Labute approximate surface area is 114 Å². The molecule has 0 heterocycles. The number of ether oxygens (including phenoxy) is 2. The standard InChI is InChI=1S/C11H23N3O3S/c1-11(2,3)17-10(15)14-6-5-12-9(18)13-7-8-16-4/h5-8H2,1-4H3,(H,14,15)(H2,12,13,18). The van der Waals surface area contributed by atoms with Gasteiger partial charge in [0.25, 0.3) is 0 Å². The summed E-state index contributed by atoms with van der Waals surface area (Å²) < 4.78 is 9.95. The van der Waals surface area contributed by atoms with Crippen LogP contribution in [-0.4, -0.2) is 50.2 Å². The van der Waals surface area contributed by atoms with Crippen LogP contribution in [-0.2, 0) is 9.47 Å². The van der Waals surface area contributed by atoms with Crippen LogP contribution in [0.4, 0.5) is 4.79 Å². The molecule has 0 bridgehead atoms. The molecule has 0 aliphatic carbocycles. The zero-order chi connectivity index (χ0) is 14.0. The summed E-state index contributed by atoms with van der Waals surface area (Å²) in [5.41, 5.74) is -0.478. The minimum absolute atomic E-state index is 0.428. The minimum Gasteiger partial charge on any atom is -0.444 e. The third kappa shape index (κ3) is 11.4. The van der Waals surface area contributed by atoms with Gasteiger partial charge in [0.1, 0.15) is 5.60 Å². The molecule has 18 heavy (non-hydrogen) atoms. The average molecular weight is 277 g/mol. The number of hydrogen-bond donors (Lipinski definition) is 3. The van der Waals surface area contributed by atoms with Gasteiger partial charge in [-0.1, -0.05) is 0 Å². The largest absolute Gasteiger partial charge is 0.444 e. The molecule has 1 amide bonds. The fourth-order valence-electron chi connectivity index (χ4n) is 0.984. The molecule has 6 nitrogen and oxygen atoms in total. The molecule has 0 spiro atoms. The monoisotopic (exact) mass is 277 g/mol. The number of carbonyl (C=O) groups is 1. The third-order valence-corrected chi connectivity index (χ3v) is 1.96. The van der Waals surface area contributed by atoms with Gasteiger partial charge in [-0.3, -0.25) is 0 Å². The molecule has 0 radical (unpaired) electrons. The van der Waals surface area contributed by atoms with Crippen LogP contribution in [0.1, 0.15) is 20.8 Å². The van der Waals surface area contributed by atoms with Crippen molar-refractivity contribution in [2.24, 2.45) is 0 Å². The Morgan fingerprint density at radius 2 is 1.67 bits per heavy atom. The summed E-state index contributed by atoms with van der Waals surface area (Å²) in [6.07, 6.45) is -0.428. The van der Waals surface area contributed by atoms with Crippen molar-refractivity contribution in [1.82, 2.24) is 16.0 Å². The molecule has 7 heteroatoms. The maximum absolute atomic E-state index is 11.3. The van der Waals surface area contributed by atoms with E-state index in [1.165, 1.54) is 0 Å². The second-order valence-corrected chi connectivity index (χ2v) is 5.01. The highest BCUT2D eigenvalue weighted by Gasteiger charge is 2.15. The summed E-state index contributed by atoms with van der Waals surface area (Å²) >= 11 is 5.01. The quantitative estimate of drug-likeness (QED) is 0.488. The average Bonchev–Trinajstić information content (AvgIpc) is 2.22. The molecule has 3 N–H and O–H groups in total. The van der Waals surface area contributed by atoms with Crippen molar-refractivity contribution in [3.8, 4) is 0 Å². The Bertz CT molecular complexity index is 267. The molecule has 0 unspecified atom stereocenters. The minimum atomic E-state index is -0.478. The van der Waals surface area contributed by atoms with E-state index >= 15 is 0 Å². The highest BCUT2D eigenvalue weighted by Crippen LogP contribution is 2.05. The second kappa shape index (κ2) is 8.93. The predicted octanol–water partition coefficient (Wildman–Crippen LogP) is 0.622. The van der Waals surface area contributed by atoms with Crippen molar-refractivity contribution in [3.63, 3.8) is 0 Å². The fourth-order valence-corrected chi connectivity index (χ4v) is 1.19. The van der Waals surface area contributed by atoms with E-state index in [1.54, 1.807) is 7.11 Å². The summed E-state index contributed by atoms with van der Waals surface area (Å²) in [7, 11) is 1.63. The Morgan fingerprint density at radius 1 is 1.11 bits per heavy atom. The number of methoxy groups -OCH3 is 1. The van der Waals surface area contributed by atoms with E-state index in [1.807, 2.05) is 20.8 Å². The maximum atomic E-state index is 11.3. The van der Waals surface area contributed by atoms with Crippen LogP contribution in [0.15, 0.2) is 0 Å². The van der Waals surface area contributed by atoms with E-state index in [2.05, 4.69) is 16.0 Å². The SMILES string of the molecule is COCCNC(=S)NCCNC(=O)OC(C)(C)C. The summed E-state index contributed by atoms with van der Waals surface area (Å²) in [6, 6.07) is 0. The van der Waals surface area contributed by atoms with Crippen LogP contribution in [0, 0.1) is 0 Å². The van der Waals surface area contributed by atoms with Crippen LogP contribution in [0.2, 0.25) is 0 Å². The van der Waals surface area contributed by atoms with E-state index in [0.717, 1.165) is 0 Å². The molecule has 0 fully saturated rings. The van der Waals surface area contributed by atoms with Crippen LogP contribution in [0.25, 0.3) is 0 Å². The predicted molar refractivity (Wildman–Crippen MR) is 74.7 cm³/mol. The first-order valence-electron chi connectivity index (χ1n) is 5.82. The highest BCUT2D eigenvalue weighted by molar-refractivity contribution is 7.80. The Kier molecular flexibility index (Phi) is 8.40. The number of amides is 1. The zero-order valence-corrected chi connectivity index (χ0v) is 12.3. The molecule has 0 saturated heterocycles. The van der Waals surface area contributed by atoms with Crippen LogP contribution >= 0.6 is 12.2 Å². The number of carbonyl (C=O) groups excluding carboxylic acids is 1. The smallest absolute Gasteiger partial charge is 0.407 e. The molecule has 0 saturated carbocycles. The zero-order valence-electron chi connectivity index (χ0n) is 11.5. The van der Waals surface area contributed by atoms with Gasteiger partial charge in [-0.25, -0.2) is 4.79 Å². The first-order chi connectivity index (χ1) is 8.35. The molecular formula is C11H23N3O3S. The van der Waals surface area contributed by atoms with Gasteiger partial charge in [0.15, 0.2) is 5.11 Å². The van der Waals surface area contributed by atoms with Gasteiger partial charge in [-0.2, -0.15) is 0 Å². The van der Waals surface area contributed by atoms with Gasteiger partial charge in [0.2, 0.25) is 0 Å². The lowest BCUT2D eigenvalue weighted by molar-refractivity contribution is 0.0529. The number of alkyl carbamates (subject to hydrolysis) is 1. The maximum Gasteiger partial charge on any atom is 0.407 e. The normalized spacial score (nSPS) is 10.7. The van der Waals surface area contributed by atoms with Crippen molar-refractivity contribution in [1.29, 1.82) is 0 Å². The first kappa shape index (κ1) is 16.9. The molecule has 0 aromatic rings. The van der Waals surface area contributed by atoms with Gasteiger partial charge in [0, 0.05) is 26.7 Å². The van der Waals surface area contributed by atoms with Crippen molar-refractivity contribution in [2.45, 2.75) is 26.4 Å². The fraction of sp³-hybridized carbons (Fsp3) is 0.818. The summed E-state index contributed by atoms with van der Waals surface area (Å²) in [6.45, 7) is 7.69. The molecule has 0 atom stereocenters. The van der Waals surface area contributed by atoms with E-state index in [4.69, 9.17) is 21.7 Å². The molecule has 0 aliphatic rings. The van der Waals surface area contributed by atoms with Crippen LogP contribution in [0.3, 0.4) is 0 Å². The van der Waals surface area contributed by atoms with E-state index < -0.39 is 11.7 Å². The molecule has 106 valence electrons. The number of hydrogen-bond acceptors (Lipinski definition) is 4. The molecule has 0 aromatic heterocycles. The van der Waals surface area contributed by atoms with Gasteiger partial charge >= 0.3 is 6.09 Å². The summed E-state index contributed by atoms with van der Waals surface area (Å²) in [4.78, 5) is 11.3. The Morgan fingerprint density at radius 3 is 2.22 bits per heavy atom. The second-order valence-electron chi connectivity index (χ2n) is 4.60. The lowest BCUT2D eigenvalue weighted by atomic mass is 10.2. The van der Waals surface area contributed by atoms with E-state index in [-0.39, 0.29) is 0 Å². The van der Waals surface area contributed by atoms with Crippen molar-refractivity contribution in [3.05, 3.63) is 0 Å². The molecular weight excluding hydrogens is 254 g/mol. The van der Waals surface area contributed by atoms with E-state index in [0.29, 0.717) is 31.4 Å². The molecule has 0 aromatic carbocycles. The van der Waals surface area contributed by atoms with Crippen LogP contribution < -0.4 is 16.0 Å². The highest BCUT2D eigenvalue weighted by atomic mass is 32.1. The summed E-state index contributed by atoms with van der Waals surface area (Å²) in [5.74, 6) is 0. The topological polar surface area (TPSA) is 71.6 Å². The molecule has 0 aliphatic heterocycles. The van der Waals surface area contributed by atoms with Crippen molar-refractivity contribution in [2.75, 3.05) is 33.4 Å². The lowest BCUT2D eigenvalue weighted by Crippen LogP contribution is -2.42. The van der Waals surface area contributed by atoms with Gasteiger partial charge in [-0.15, -0.1) is 0 Å². The van der Waals surface area contributed by atoms with Crippen molar-refractivity contribution >= 4 is 23.4 Å². The number of thiocarbonyl (C=S) groups is 1. The molecule has 0 rings (SSSR count). The summed E-state index contributed by atoms with van der Waals surface area (Å²) in [5, 5.41) is 9.08. The van der Waals surface area contributed by atoms with Crippen molar-refractivity contribution < 1.29 is 14.3 Å². The van der Waals surface area contributed by atoms with Gasteiger partial charge < -0.3 is 25.4 Å². The lowest BCUT2D eigenvalue weighted by Gasteiger charge is -2.19. The Balaban J connectivity index is 3.50. The Hall–Kier alpha value is -1.08. The number of nitrogens with one attached hydrogen (secondary N) is 3. The van der Waals surface area contributed by atoms with Gasteiger partial charge in [-0.05, 0) is 33.0 Å². The van der Waals surface area contributed by atoms with E-state index in [9.17, 15) is 4.79 Å². The number of rotatable bonds is 6. The van der Waals surface area contributed by atoms with Gasteiger partial charge in [0.05, 0.1) is 6.61 Å². The third-order valence-electron chi connectivity index (χ3n) is 1.67. The van der Waals surface area contributed by atoms with Crippen LogP contribution in [0.5, 0.6) is 0 Å².